The van der Waals surface area contributed by atoms with E-state index < -0.39 is 29.2 Å². The van der Waals surface area contributed by atoms with Crippen molar-refractivity contribution in [3.8, 4) is 0 Å². The molecule has 120 valence electrons. The van der Waals surface area contributed by atoms with E-state index in [9.17, 15) is 21.6 Å². The highest BCUT2D eigenvalue weighted by molar-refractivity contribution is 7.89. The highest BCUT2D eigenvalue weighted by atomic mass is 32.2. The second-order valence-corrected chi connectivity index (χ2v) is 6.35. The normalized spacial score (nSPS) is 14.1. The predicted octanol–water partition coefficient (Wildman–Crippen LogP) is 2.59. The summed E-state index contributed by atoms with van der Waals surface area (Å²) in [7, 11) is -2.17. The summed E-state index contributed by atoms with van der Waals surface area (Å²) in [4.78, 5) is -0.0316. The monoisotopic (exact) mass is 324 g/mol. The van der Waals surface area contributed by atoms with Crippen molar-refractivity contribution in [2.45, 2.75) is 36.9 Å². The molecule has 0 aliphatic heterocycles. The average molecular weight is 324 g/mol. The Hall–Kier alpha value is -1.12. The van der Waals surface area contributed by atoms with Gasteiger partial charge in [-0.15, -0.1) is 0 Å². The van der Waals surface area contributed by atoms with E-state index in [1.54, 1.807) is 19.2 Å². The Morgan fingerprint density at radius 3 is 2.48 bits per heavy atom. The molecule has 0 radical (unpaired) electrons. The lowest BCUT2D eigenvalue weighted by molar-refractivity contribution is -0.132. The van der Waals surface area contributed by atoms with E-state index in [1.807, 2.05) is 11.6 Å². The van der Waals surface area contributed by atoms with Crippen LogP contribution in [-0.4, -0.2) is 28.2 Å². The zero-order chi connectivity index (χ0) is 16.1. The number of halogens is 3. The molecule has 0 saturated carbocycles. The van der Waals surface area contributed by atoms with E-state index >= 15 is 0 Å². The summed E-state index contributed by atoms with van der Waals surface area (Å²) in [5.74, 6) is 0. The zero-order valence-electron chi connectivity index (χ0n) is 11.9. The highest BCUT2D eigenvalue weighted by Gasteiger charge is 2.27. The number of sulfonamides is 1. The molecule has 1 aromatic rings. The maximum atomic E-state index is 12.1. The molecular weight excluding hydrogens is 305 g/mol. The van der Waals surface area contributed by atoms with Crippen LogP contribution >= 0.6 is 0 Å². The van der Waals surface area contributed by atoms with Crippen molar-refractivity contribution < 1.29 is 21.6 Å². The molecule has 1 rings (SSSR count). The van der Waals surface area contributed by atoms with E-state index in [4.69, 9.17) is 0 Å². The Morgan fingerprint density at radius 1 is 1.29 bits per heavy atom. The van der Waals surface area contributed by atoms with Crippen molar-refractivity contribution in [3.05, 3.63) is 29.8 Å². The first-order valence-corrected chi connectivity index (χ1v) is 8.01. The first-order valence-electron chi connectivity index (χ1n) is 6.53. The topological polar surface area (TPSA) is 58.2 Å². The second-order valence-electron chi connectivity index (χ2n) is 4.58. The van der Waals surface area contributed by atoms with E-state index in [-0.39, 0.29) is 10.9 Å². The van der Waals surface area contributed by atoms with Gasteiger partial charge >= 0.3 is 6.18 Å². The molecule has 0 amide bonds. The Bertz CT molecular complexity index is 555. The molecule has 1 aromatic carbocycles. The van der Waals surface area contributed by atoms with Crippen molar-refractivity contribution in [2.24, 2.45) is 0 Å². The van der Waals surface area contributed by atoms with Crippen LogP contribution in [-0.2, 0) is 10.0 Å². The van der Waals surface area contributed by atoms with Crippen molar-refractivity contribution in [3.63, 3.8) is 0 Å². The van der Waals surface area contributed by atoms with Gasteiger partial charge in [-0.1, -0.05) is 19.1 Å². The van der Waals surface area contributed by atoms with Gasteiger partial charge < -0.3 is 5.32 Å². The van der Waals surface area contributed by atoms with Crippen LogP contribution in [0.1, 0.15) is 31.4 Å². The van der Waals surface area contributed by atoms with Gasteiger partial charge in [0.2, 0.25) is 10.0 Å². The van der Waals surface area contributed by atoms with Gasteiger partial charge in [-0.3, -0.25) is 0 Å². The van der Waals surface area contributed by atoms with Gasteiger partial charge in [-0.25, -0.2) is 13.1 Å². The van der Waals surface area contributed by atoms with E-state index in [2.05, 4.69) is 5.32 Å². The molecule has 21 heavy (non-hydrogen) atoms. The van der Waals surface area contributed by atoms with Crippen LogP contribution in [0.25, 0.3) is 0 Å². The number of alkyl halides is 3. The summed E-state index contributed by atoms with van der Waals surface area (Å²) in [5.41, 5.74) is 0.777. The Morgan fingerprint density at radius 2 is 1.95 bits per heavy atom. The largest absolute Gasteiger partial charge is 0.390 e. The summed E-state index contributed by atoms with van der Waals surface area (Å²) >= 11 is 0. The summed E-state index contributed by atoms with van der Waals surface area (Å²) in [6.45, 7) is 1.28. The third kappa shape index (κ3) is 5.64. The van der Waals surface area contributed by atoms with Crippen molar-refractivity contribution in [2.75, 3.05) is 13.6 Å². The molecule has 0 aromatic heterocycles. The predicted molar refractivity (Wildman–Crippen MR) is 74.4 cm³/mol. The minimum absolute atomic E-state index is 0.00433. The summed E-state index contributed by atoms with van der Waals surface area (Å²) in [5, 5.41) is 3.05. The zero-order valence-corrected chi connectivity index (χ0v) is 12.7. The van der Waals surface area contributed by atoms with Crippen LogP contribution in [0, 0.1) is 0 Å². The van der Waals surface area contributed by atoms with Crippen LogP contribution in [0.15, 0.2) is 29.2 Å². The molecule has 8 heteroatoms. The number of rotatable bonds is 7. The van der Waals surface area contributed by atoms with Crippen molar-refractivity contribution in [1.29, 1.82) is 0 Å². The van der Waals surface area contributed by atoms with Gasteiger partial charge in [0.15, 0.2) is 0 Å². The molecule has 0 bridgehead atoms. The Balaban J connectivity index is 2.86. The van der Waals surface area contributed by atoms with Gasteiger partial charge in [-0.05, 0) is 31.2 Å². The number of hydrogen-bond acceptors (Lipinski definition) is 3. The minimum Gasteiger partial charge on any atom is -0.313 e. The van der Waals surface area contributed by atoms with Crippen LogP contribution in [0.5, 0.6) is 0 Å². The van der Waals surface area contributed by atoms with Crippen molar-refractivity contribution in [1.82, 2.24) is 10.0 Å². The number of benzene rings is 1. The Kier molecular flexibility index (Phi) is 6.18. The molecule has 4 nitrogen and oxygen atoms in total. The fourth-order valence-corrected chi connectivity index (χ4v) is 3.00. The molecule has 0 aliphatic rings. The fourth-order valence-electron chi connectivity index (χ4n) is 1.92. The SMILES string of the molecule is CCC(NC)c1cccc(S(=O)(=O)NCCC(F)(F)F)c1. The van der Waals surface area contributed by atoms with Gasteiger partial charge in [0.25, 0.3) is 0 Å². The van der Waals surface area contributed by atoms with Gasteiger partial charge in [0, 0.05) is 12.6 Å². The van der Waals surface area contributed by atoms with Crippen LogP contribution in [0.3, 0.4) is 0 Å². The quantitative estimate of drug-likeness (QED) is 0.810. The molecule has 0 heterocycles. The van der Waals surface area contributed by atoms with Crippen LogP contribution in [0.4, 0.5) is 13.2 Å². The van der Waals surface area contributed by atoms with E-state index in [1.165, 1.54) is 12.1 Å². The molecule has 0 saturated heterocycles. The lowest BCUT2D eigenvalue weighted by Gasteiger charge is -2.15. The Labute approximate surface area is 122 Å². The molecule has 2 N–H and O–H groups in total. The fraction of sp³-hybridized carbons (Fsp3) is 0.538. The van der Waals surface area contributed by atoms with Gasteiger partial charge in [-0.2, -0.15) is 13.2 Å². The first kappa shape index (κ1) is 17.9. The standard InChI is InChI=1S/C13H19F3N2O2S/c1-3-12(17-2)10-5-4-6-11(9-10)21(19,20)18-8-7-13(14,15)16/h4-6,9,12,17-18H,3,7-8H2,1-2H3. The maximum Gasteiger partial charge on any atom is 0.390 e. The summed E-state index contributed by atoms with van der Waals surface area (Å²) in [6, 6.07) is 6.19. The second kappa shape index (κ2) is 7.24. The lowest BCUT2D eigenvalue weighted by Crippen LogP contribution is -2.28. The van der Waals surface area contributed by atoms with Gasteiger partial charge in [0.05, 0.1) is 11.3 Å². The minimum atomic E-state index is -4.39. The molecule has 1 atom stereocenters. The average Bonchev–Trinajstić information content (AvgIpc) is 2.39. The molecule has 0 fully saturated rings. The third-order valence-electron chi connectivity index (χ3n) is 3.03. The highest BCUT2D eigenvalue weighted by Crippen LogP contribution is 2.21. The molecule has 1 unspecified atom stereocenters. The van der Waals surface area contributed by atoms with Gasteiger partial charge in [0.1, 0.15) is 0 Å². The first-order chi connectivity index (χ1) is 9.69. The molecule has 0 aliphatic carbocycles. The lowest BCUT2D eigenvalue weighted by atomic mass is 10.1. The third-order valence-corrected chi connectivity index (χ3v) is 4.49. The maximum absolute atomic E-state index is 12.1. The summed E-state index contributed by atoms with van der Waals surface area (Å²) < 4.78 is 62.1. The van der Waals surface area contributed by atoms with Crippen LogP contribution in [0.2, 0.25) is 0 Å². The van der Waals surface area contributed by atoms with Crippen LogP contribution < -0.4 is 10.0 Å². The van der Waals surface area contributed by atoms with E-state index in [0.717, 1.165) is 12.0 Å². The molecular formula is C13H19F3N2O2S. The summed E-state index contributed by atoms with van der Waals surface area (Å²) in [6.07, 6.45) is -4.81. The number of hydrogen-bond donors (Lipinski definition) is 2. The molecule has 0 spiro atoms. The number of nitrogens with one attached hydrogen (secondary N) is 2. The van der Waals surface area contributed by atoms with E-state index in [0.29, 0.717) is 0 Å². The van der Waals surface area contributed by atoms with Crippen molar-refractivity contribution >= 4 is 10.0 Å². The smallest absolute Gasteiger partial charge is 0.313 e.